The molecule has 23 heavy (non-hydrogen) atoms. The number of hydrogen-bond donors (Lipinski definition) is 1. The Bertz CT molecular complexity index is 688. The summed E-state index contributed by atoms with van der Waals surface area (Å²) in [6.07, 6.45) is 5.01. The molecule has 0 saturated carbocycles. The number of nitrogens with one attached hydrogen (secondary N) is 1. The molecule has 7 heteroatoms. The topological polar surface area (TPSA) is 75.2 Å². The van der Waals surface area contributed by atoms with E-state index in [0.29, 0.717) is 13.0 Å². The van der Waals surface area contributed by atoms with Crippen molar-refractivity contribution in [3.8, 4) is 0 Å². The van der Waals surface area contributed by atoms with Gasteiger partial charge in [-0.25, -0.2) is 23.1 Å². The monoisotopic (exact) mass is 338 g/mol. The summed E-state index contributed by atoms with van der Waals surface area (Å²) >= 11 is 0. The van der Waals surface area contributed by atoms with Crippen molar-refractivity contribution in [3.63, 3.8) is 0 Å². The third-order valence-electron chi connectivity index (χ3n) is 4.56. The molecule has 0 amide bonds. The Morgan fingerprint density at radius 2 is 1.96 bits per heavy atom. The second-order valence-electron chi connectivity index (χ2n) is 6.90. The summed E-state index contributed by atoms with van der Waals surface area (Å²) < 4.78 is 27.5. The zero-order valence-corrected chi connectivity index (χ0v) is 15.0. The quantitative estimate of drug-likeness (QED) is 0.902. The van der Waals surface area contributed by atoms with E-state index in [4.69, 9.17) is 0 Å². The fraction of sp³-hybridized carbons (Fsp3) is 0.750. The summed E-state index contributed by atoms with van der Waals surface area (Å²) in [5.41, 5.74) is 2.39. The first kappa shape index (κ1) is 16.6. The van der Waals surface area contributed by atoms with Gasteiger partial charge < -0.3 is 4.90 Å². The molecule has 1 unspecified atom stereocenters. The van der Waals surface area contributed by atoms with Gasteiger partial charge in [-0.1, -0.05) is 0 Å². The molecule has 3 rings (SSSR count). The van der Waals surface area contributed by atoms with Crippen LogP contribution in [0.5, 0.6) is 0 Å². The fourth-order valence-corrected chi connectivity index (χ4v) is 5.20. The van der Waals surface area contributed by atoms with E-state index in [1.807, 2.05) is 20.8 Å². The summed E-state index contributed by atoms with van der Waals surface area (Å²) in [6, 6.07) is -0.0666. The molecule has 1 atom stereocenters. The van der Waals surface area contributed by atoms with Crippen LogP contribution in [-0.2, 0) is 22.9 Å². The highest BCUT2D eigenvalue weighted by Gasteiger charge is 2.35. The molecule has 1 fully saturated rings. The predicted octanol–water partition coefficient (Wildman–Crippen LogP) is 1.57. The Balaban J connectivity index is 1.84. The van der Waals surface area contributed by atoms with Crippen LogP contribution in [0.3, 0.4) is 0 Å². The smallest absolute Gasteiger partial charge is 0.216 e. The Morgan fingerprint density at radius 1 is 1.22 bits per heavy atom. The standard InChI is InChI=1S/C16H26N4O2S/c1-11(2)19-23(21,22)13-8-9-20(10-13)16-14-6-4-5-7-15(14)17-12(3)18-16/h11,13,19H,4-10H2,1-3H3. The maximum absolute atomic E-state index is 12.4. The Morgan fingerprint density at radius 3 is 2.70 bits per heavy atom. The zero-order chi connectivity index (χ0) is 16.6. The molecule has 1 aromatic rings. The minimum absolute atomic E-state index is 0.0666. The second-order valence-corrected chi connectivity index (χ2v) is 8.89. The normalized spacial score (nSPS) is 21.7. The Hall–Kier alpha value is -1.21. The van der Waals surface area contributed by atoms with Crippen LogP contribution in [0.2, 0.25) is 0 Å². The van der Waals surface area contributed by atoms with Crippen LogP contribution in [0.1, 0.15) is 50.2 Å². The van der Waals surface area contributed by atoms with E-state index in [1.165, 1.54) is 12.0 Å². The van der Waals surface area contributed by atoms with E-state index in [0.717, 1.165) is 43.1 Å². The van der Waals surface area contributed by atoms with Gasteiger partial charge in [-0.05, 0) is 52.9 Å². The van der Waals surface area contributed by atoms with Gasteiger partial charge in [0.1, 0.15) is 11.6 Å². The van der Waals surface area contributed by atoms with E-state index >= 15 is 0 Å². The number of aryl methyl sites for hydroxylation is 2. The van der Waals surface area contributed by atoms with Crippen molar-refractivity contribution >= 4 is 15.8 Å². The number of nitrogens with zero attached hydrogens (tertiary/aromatic N) is 3. The van der Waals surface area contributed by atoms with E-state index in [-0.39, 0.29) is 11.3 Å². The molecular formula is C16H26N4O2S. The molecule has 0 bridgehead atoms. The van der Waals surface area contributed by atoms with Crippen LogP contribution in [-0.4, -0.2) is 42.8 Å². The minimum atomic E-state index is -3.27. The Labute approximate surface area is 138 Å². The lowest BCUT2D eigenvalue weighted by molar-refractivity contribution is 0.557. The van der Waals surface area contributed by atoms with E-state index in [2.05, 4.69) is 19.6 Å². The molecule has 6 nitrogen and oxygen atoms in total. The zero-order valence-electron chi connectivity index (χ0n) is 14.2. The highest BCUT2D eigenvalue weighted by Crippen LogP contribution is 2.31. The van der Waals surface area contributed by atoms with Crippen LogP contribution in [0.15, 0.2) is 0 Å². The molecule has 1 N–H and O–H groups in total. The highest BCUT2D eigenvalue weighted by atomic mass is 32.2. The average molecular weight is 338 g/mol. The molecule has 1 aliphatic heterocycles. The van der Waals surface area contributed by atoms with Gasteiger partial charge >= 0.3 is 0 Å². The van der Waals surface area contributed by atoms with Crippen LogP contribution >= 0.6 is 0 Å². The van der Waals surface area contributed by atoms with Crippen LogP contribution in [0, 0.1) is 6.92 Å². The number of rotatable bonds is 4. The molecule has 2 heterocycles. The Kier molecular flexibility index (Phi) is 4.60. The van der Waals surface area contributed by atoms with Crippen molar-refractivity contribution in [2.24, 2.45) is 0 Å². The van der Waals surface area contributed by atoms with Gasteiger partial charge in [0, 0.05) is 30.4 Å². The van der Waals surface area contributed by atoms with Gasteiger partial charge in [-0.3, -0.25) is 0 Å². The maximum Gasteiger partial charge on any atom is 0.216 e. The van der Waals surface area contributed by atoms with Crippen molar-refractivity contribution in [2.75, 3.05) is 18.0 Å². The van der Waals surface area contributed by atoms with Crippen molar-refractivity contribution < 1.29 is 8.42 Å². The second kappa shape index (κ2) is 6.36. The molecule has 0 aromatic carbocycles. The number of anilines is 1. The predicted molar refractivity (Wildman–Crippen MR) is 91.2 cm³/mol. The van der Waals surface area contributed by atoms with Crippen molar-refractivity contribution in [1.82, 2.24) is 14.7 Å². The van der Waals surface area contributed by atoms with E-state index in [9.17, 15) is 8.42 Å². The first-order valence-electron chi connectivity index (χ1n) is 8.49. The largest absolute Gasteiger partial charge is 0.355 e. The fourth-order valence-electron chi connectivity index (χ4n) is 3.55. The first-order valence-corrected chi connectivity index (χ1v) is 10.0. The highest BCUT2D eigenvalue weighted by molar-refractivity contribution is 7.90. The van der Waals surface area contributed by atoms with Crippen LogP contribution in [0.25, 0.3) is 0 Å². The van der Waals surface area contributed by atoms with Crippen molar-refractivity contribution in [3.05, 3.63) is 17.1 Å². The molecule has 1 saturated heterocycles. The molecule has 0 radical (unpaired) electrons. The van der Waals surface area contributed by atoms with Gasteiger partial charge in [-0.15, -0.1) is 0 Å². The van der Waals surface area contributed by atoms with E-state index in [1.54, 1.807) is 0 Å². The average Bonchev–Trinajstić information content (AvgIpc) is 2.95. The summed E-state index contributed by atoms with van der Waals surface area (Å²) in [7, 11) is -3.27. The van der Waals surface area contributed by atoms with Crippen LogP contribution < -0.4 is 9.62 Å². The lowest BCUT2D eigenvalue weighted by Gasteiger charge is -2.25. The number of fused-ring (bicyclic) bond motifs is 1. The van der Waals surface area contributed by atoms with Gasteiger partial charge in [-0.2, -0.15) is 0 Å². The van der Waals surface area contributed by atoms with E-state index < -0.39 is 10.0 Å². The minimum Gasteiger partial charge on any atom is -0.355 e. The summed E-state index contributed by atoms with van der Waals surface area (Å²) in [6.45, 7) is 6.89. The maximum atomic E-state index is 12.4. The third kappa shape index (κ3) is 3.50. The molecule has 2 aliphatic rings. The third-order valence-corrected chi connectivity index (χ3v) is 6.62. The summed E-state index contributed by atoms with van der Waals surface area (Å²) in [5.74, 6) is 1.75. The lowest BCUT2D eigenvalue weighted by Crippen LogP contribution is -2.40. The first-order chi connectivity index (χ1) is 10.9. The van der Waals surface area contributed by atoms with Crippen molar-refractivity contribution in [2.45, 2.75) is 64.2 Å². The van der Waals surface area contributed by atoms with Gasteiger partial charge in [0.25, 0.3) is 0 Å². The van der Waals surface area contributed by atoms with Crippen LogP contribution in [0.4, 0.5) is 5.82 Å². The number of hydrogen-bond acceptors (Lipinski definition) is 5. The van der Waals surface area contributed by atoms with Gasteiger partial charge in [0.05, 0.1) is 5.25 Å². The molecule has 1 aromatic heterocycles. The number of sulfonamides is 1. The SMILES string of the molecule is Cc1nc2c(c(N3CCC(S(=O)(=O)NC(C)C)C3)n1)CCCC2. The summed E-state index contributed by atoms with van der Waals surface area (Å²) in [5, 5.41) is -0.362. The molecule has 128 valence electrons. The molecule has 0 spiro atoms. The van der Waals surface area contributed by atoms with Gasteiger partial charge in [0.2, 0.25) is 10.0 Å². The summed E-state index contributed by atoms with van der Waals surface area (Å²) in [4.78, 5) is 11.4. The molecular weight excluding hydrogens is 312 g/mol. The number of aromatic nitrogens is 2. The van der Waals surface area contributed by atoms with Gasteiger partial charge in [0.15, 0.2) is 0 Å². The van der Waals surface area contributed by atoms with Crippen molar-refractivity contribution in [1.29, 1.82) is 0 Å². The molecule has 1 aliphatic carbocycles. The lowest BCUT2D eigenvalue weighted by atomic mass is 9.96.